The smallest absolute Gasteiger partial charge is 0.305 e. The van der Waals surface area contributed by atoms with E-state index in [1.165, 1.54) is 58.5 Å². The summed E-state index contributed by atoms with van der Waals surface area (Å²) in [6, 6.07) is 0. The fourth-order valence-electron chi connectivity index (χ4n) is 2.50. The minimum atomic E-state index is -0.0819. The maximum atomic E-state index is 10.9. The van der Waals surface area contributed by atoms with Crippen LogP contribution in [-0.2, 0) is 19.1 Å². The Morgan fingerprint density at radius 1 is 0.781 bits per heavy atom. The minimum Gasteiger partial charge on any atom is -0.469 e. The van der Waals surface area contributed by atoms with E-state index in [4.69, 9.17) is 0 Å². The maximum absolute atomic E-state index is 10.9. The third-order valence-corrected chi connectivity index (χ3v) is 7.61. The quantitative estimate of drug-likeness (QED) is 0.161. The Kier molecular flexibility index (Phi) is 39.9. The van der Waals surface area contributed by atoms with E-state index in [-0.39, 0.29) is 11.9 Å². The molecule has 0 saturated carbocycles. The van der Waals surface area contributed by atoms with Gasteiger partial charge in [-0.05, 0) is 32.6 Å². The second-order valence-corrected chi connectivity index (χ2v) is 10.3. The van der Waals surface area contributed by atoms with E-state index < -0.39 is 0 Å². The summed E-state index contributed by atoms with van der Waals surface area (Å²) in [6.07, 6.45) is 12.9. The van der Waals surface area contributed by atoms with Crippen molar-refractivity contribution in [3.05, 3.63) is 0 Å². The molecule has 1 rings (SSSR count). The predicted octanol–water partition coefficient (Wildman–Crippen LogP) is 9.25. The van der Waals surface area contributed by atoms with Gasteiger partial charge in [0.2, 0.25) is 0 Å². The zero-order valence-electron chi connectivity index (χ0n) is 23.1. The van der Waals surface area contributed by atoms with Crippen LogP contribution in [0.15, 0.2) is 0 Å². The fraction of sp³-hybridized carbons (Fsp3) is 0.923. The molecule has 0 amide bonds. The van der Waals surface area contributed by atoms with Gasteiger partial charge < -0.3 is 9.47 Å². The van der Waals surface area contributed by atoms with E-state index in [2.05, 4.69) is 37.2 Å². The Morgan fingerprint density at radius 3 is 1.59 bits per heavy atom. The monoisotopic (exact) mass is 496 g/mol. The number of carbonyl (C=O) groups is 2. The molecule has 196 valence electrons. The first-order valence-electron chi connectivity index (χ1n) is 12.8. The van der Waals surface area contributed by atoms with Crippen LogP contribution < -0.4 is 0 Å². The molecule has 0 aromatic heterocycles. The highest BCUT2D eigenvalue weighted by molar-refractivity contribution is 8.77. The van der Waals surface area contributed by atoms with E-state index in [9.17, 15) is 9.59 Å². The summed E-state index contributed by atoms with van der Waals surface area (Å²) in [6.45, 7) is 16.8. The summed E-state index contributed by atoms with van der Waals surface area (Å²) in [5.41, 5.74) is 0. The lowest BCUT2D eigenvalue weighted by molar-refractivity contribution is -0.141. The first kappa shape index (κ1) is 38.9. The van der Waals surface area contributed by atoms with Gasteiger partial charge in [0.1, 0.15) is 0 Å². The van der Waals surface area contributed by atoms with E-state index in [1.54, 1.807) is 0 Å². The molecule has 1 fully saturated rings. The zero-order valence-corrected chi connectivity index (χ0v) is 24.8. The van der Waals surface area contributed by atoms with Crippen molar-refractivity contribution >= 4 is 33.5 Å². The van der Waals surface area contributed by atoms with Gasteiger partial charge in [0.05, 0.1) is 14.2 Å². The van der Waals surface area contributed by atoms with Crippen LogP contribution in [0.1, 0.15) is 132 Å². The first-order valence-corrected chi connectivity index (χ1v) is 15.1. The van der Waals surface area contributed by atoms with Crippen molar-refractivity contribution in [3.8, 4) is 0 Å². The molecule has 4 nitrogen and oxygen atoms in total. The molecule has 1 heterocycles. The molecule has 1 aliphatic heterocycles. The molecule has 0 unspecified atom stereocenters. The second-order valence-electron chi connectivity index (χ2n) is 7.34. The van der Waals surface area contributed by atoms with Crippen LogP contribution in [0.5, 0.6) is 0 Å². The molecule has 6 heteroatoms. The fourth-order valence-corrected chi connectivity index (χ4v) is 5.79. The van der Waals surface area contributed by atoms with Crippen molar-refractivity contribution in [1.29, 1.82) is 0 Å². The van der Waals surface area contributed by atoms with Gasteiger partial charge in [-0.25, -0.2) is 0 Å². The summed E-state index contributed by atoms with van der Waals surface area (Å²) in [4.78, 5) is 21.5. The van der Waals surface area contributed by atoms with Gasteiger partial charge in [-0.15, -0.1) is 0 Å². The van der Waals surface area contributed by atoms with Crippen LogP contribution in [0.25, 0.3) is 0 Å². The molecular weight excluding hydrogens is 440 g/mol. The van der Waals surface area contributed by atoms with Gasteiger partial charge in [-0.1, -0.05) is 109 Å². The second kappa shape index (κ2) is 32.8. The number of unbranched alkanes of at least 4 members (excludes halogenated alkanes) is 5. The summed E-state index contributed by atoms with van der Waals surface area (Å²) in [5, 5.41) is 0. The molecule has 0 radical (unpaired) electrons. The lowest BCUT2D eigenvalue weighted by Crippen LogP contribution is -2.15. The number of hydrogen-bond donors (Lipinski definition) is 0. The molecule has 1 atom stereocenters. The Balaban J connectivity index is -0.000000195. The zero-order chi connectivity index (χ0) is 25.7. The summed E-state index contributed by atoms with van der Waals surface area (Å²) < 4.78 is 9.58. The van der Waals surface area contributed by atoms with Crippen molar-refractivity contribution in [3.63, 3.8) is 0 Å². The van der Waals surface area contributed by atoms with Crippen molar-refractivity contribution in [2.75, 3.05) is 20.0 Å². The Hall–Kier alpha value is -0.360. The van der Waals surface area contributed by atoms with E-state index in [1.807, 2.05) is 49.3 Å². The molecule has 0 bridgehead atoms. The van der Waals surface area contributed by atoms with Crippen molar-refractivity contribution in [2.45, 2.75) is 137 Å². The van der Waals surface area contributed by atoms with E-state index in [0.717, 1.165) is 25.7 Å². The Labute approximate surface area is 209 Å². The van der Waals surface area contributed by atoms with Crippen LogP contribution >= 0.6 is 21.6 Å². The largest absolute Gasteiger partial charge is 0.469 e. The van der Waals surface area contributed by atoms with Crippen molar-refractivity contribution in [1.82, 2.24) is 0 Å². The molecule has 0 spiro atoms. The van der Waals surface area contributed by atoms with Crippen molar-refractivity contribution < 1.29 is 19.1 Å². The number of methoxy groups -OCH3 is 2. The van der Waals surface area contributed by atoms with Crippen LogP contribution in [-0.4, -0.2) is 36.7 Å². The number of carbonyl (C=O) groups excluding carboxylic acids is 2. The van der Waals surface area contributed by atoms with Crippen LogP contribution in [0.4, 0.5) is 0 Å². The molecule has 0 aromatic rings. The van der Waals surface area contributed by atoms with E-state index >= 15 is 0 Å². The highest BCUT2D eigenvalue weighted by Crippen LogP contribution is 2.49. The molecular formula is C26H56O4S2. The van der Waals surface area contributed by atoms with E-state index in [0.29, 0.717) is 17.6 Å². The van der Waals surface area contributed by atoms with Crippen LogP contribution in [0.3, 0.4) is 0 Å². The van der Waals surface area contributed by atoms with Crippen LogP contribution in [0, 0.1) is 0 Å². The highest BCUT2D eigenvalue weighted by atomic mass is 33.1. The van der Waals surface area contributed by atoms with Gasteiger partial charge in [0.25, 0.3) is 0 Å². The van der Waals surface area contributed by atoms with Gasteiger partial charge in [-0.2, -0.15) is 0 Å². The number of ether oxygens (including phenoxy) is 2. The highest BCUT2D eigenvalue weighted by Gasteiger charge is 2.29. The average molecular weight is 497 g/mol. The number of hydrogen-bond acceptors (Lipinski definition) is 6. The SMILES string of the molecule is CC.CC.CCC.CCCCCCCC(=O)OC.COC(=O)CCCC[C@]1(C)CCSS1. The van der Waals surface area contributed by atoms with Gasteiger partial charge in [-0.3, -0.25) is 9.59 Å². The first-order chi connectivity index (χ1) is 15.4. The lowest BCUT2D eigenvalue weighted by Gasteiger charge is -2.20. The molecule has 0 aromatic carbocycles. The number of esters is 2. The molecule has 0 N–H and O–H groups in total. The van der Waals surface area contributed by atoms with Crippen LogP contribution in [0.2, 0.25) is 0 Å². The maximum Gasteiger partial charge on any atom is 0.305 e. The Bertz CT molecular complexity index is 371. The Morgan fingerprint density at radius 2 is 1.22 bits per heavy atom. The third kappa shape index (κ3) is 31.8. The summed E-state index contributed by atoms with van der Waals surface area (Å²) in [5.74, 6) is 1.11. The topological polar surface area (TPSA) is 52.6 Å². The molecule has 0 aliphatic carbocycles. The molecule has 1 saturated heterocycles. The lowest BCUT2D eigenvalue weighted by atomic mass is 9.99. The normalized spacial score (nSPS) is 15.8. The standard InChI is InChI=1S/C10H18O2S2.C9H18O2.C3H8.2C2H6/c1-10(7-8-13-14-10)6-4-3-5-9(11)12-2;1-3-4-5-6-7-8-9(10)11-2;1-3-2;2*1-2/h3-8H2,1-2H3;3-8H2,1-2H3;3H2,1-2H3;2*1-2H3/t10-;;;;/m1..../s1. The van der Waals surface area contributed by atoms with Gasteiger partial charge in [0, 0.05) is 23.3 Å². The predicted molar refractivity (Wildman–Crippen MR) is 148 cm³/mol. The van der Waals surface area contributed by atoms with Gasteiger partial charge in [0.15, 0.2) is 0 Å². The minimum absolute atomic E-state index is 0.0800. The number of rotatable bonds is 11. The summed E-state index contributed by atoms with van der Waals surface area (Å²) in [7, 11) is 6.88. The molecule has 32 heavy (non-hydrogen) atoms. The molecule has 1 aliphatic rings. The summed E-state index contributed by atoms with van der Waals surface area (Å²) >= 11 is 0. The third-order valence-electron chi connectivity index (χ3n) is 4.25. The average Bonchev–Trinajstić information content (AvgIpc) is 3.26. The van der Waals surface area contributed by atoms with Gasteiger partial charge >= 0.3 is 11.9 Å². The van der Waals surface area contributed by atoms with Crippen molar-refractivity contribution in [2.24, 2.45) is 0 Å².